The van der Waals surface area contributed by atoms with Crippen LogP contribution in [0.2, 0.25) is 18.6 Å². The van der Waals surface area contributed by atoms with Crippen molar-refractivity contribution in [3.05, 3.63) is 0 Å². The first-order valence-corrected chi connectivity index (χ1v) is 12.7. The molecule has 1 aliphatic rings. The Morgan fingerprint density at radius 2 is 1.33 bits per heavy atom. The molecule has 1 nitrogen and oxygen atoms in total. The van der Waals surface area contributed by atoms with Gasteiger partial charge in [0.25, 0.3) is 0 Å². The predicted molar refractivity (Wildman–Crippen MR) is 97.5 cm³/mol. The molecule has 126 valence electrons. The molecular formula is C19H40OSi. The first-order valence-electron chi connectivity index (χ1n) is 9.88. The lowest BCUT2D eigenvalue weighted by atomic mass is 10.0. The Morgan fingerprint density at radius 1 is 0.762 bits per heavy atom. The van der Waals surface area contributed by atoms with E-state index in [0.29, 0.717) is 6.10 Å². The Hall–Kier alpha value is 0.177. The van der Waals surface area contributed by atoms with Crippen LogP contribution in [0.25, 0.3) is 0 Å². The minimum atomic E-state index is -1.28. The van der Waals surface area contributed by atoms with Crippen LogP contribution in [0.4, 0.5) is 0 Å². The van der Waals surface area contributed by atoms with E-state index in [1.807, 2.05) is 0 Å². The zero-order chi connectivity index (χ0) is 15.4. The molecule has 0 radical (unpaired) electrons. The molecule has 0 spiro atoms. The van der Waals surface area contributed by atoms with E-state index >= 15 is 0 Å². The van der Waals surface area contributed by atoms with Gasteiger partial charge in [0.2, 0.25) is 0 Å². The fraction of sp³-hybridized carbons (Fsp3) is 1.00. The predicted octanol–water partition coefficient (Wildman–Crippen LogP) is 7.07. The summed E-state index contributed by atoms with van der Waals surface area (Å²) in [4.78, 5) is 0. The lowest BCUT2D eigenvalue weighted by Gasteiger charge is -2.29. The Labute approximate surface area is 135 Å². The van der Waals surface area contributed by atoms with Crippen molar-refractivity contribution in [1.29, 1.82) is 0 Å². The summed E-state index contributed by atoms with van der Waals surface area (Å²) in [5.41, 5.74) is 0. The van der Waals surface area contributed by atoms with E-state index in [1.165, 1.54) is 95.6 Å². The van der Waals surface area contributed by atoms with Crippen LogP contribution in [0.1, 0.15) is 97.3 Å². The standard InChI is InChI=1S/C19H40OSi/c1-4-6-7-8-9-10-11-12-16-19(15-5-2)20-21(3)17-13-14-18-21/h19H,4-18H2,1-3H3. The van der Waals surface area contributed by atoms with Crippen LogP contribution >= 0.6 is 0 Å². The van der Waals surface area contributed by atoms with Gasteiger partial charge in [0.15, 0.2) is 8.32 Å². The highest BCUT2D eigenvalue weighted by Crippen LogP contribution is 2.33. The molecule has 0 aliphatic carbocycles. The summed E-state index contributed by atoms with van der Waals surface area (Å²) in [5.74, 6) is 0. The van der Waals surface area contributed by atoms with Gasteiger partial charge in [-0.05, 0) is 31.5 Å². The highest BCUT2D eigenvalue weighted by Gasteiger charge is 2.35. The molecule has 1 atom stereocenters. The molecule has 2 heteroatoms. The molecule has 0 amide bonds. The van der Waals surface area contributed by atoms with Gasteiger partial charge in [-0.1, -0.05) is 84.5 Å². The summed E-state index contributed by atoms with van der Waals surface area (Å²) < 4.78 is 6.64. The largest absolute Gasteiger partial charge is 0.414 e. The fourth-order valence-electron chi connectivity index (χ4n) is 3.73. The average Bonchev–Trinajstić information content (AvgIpc) is 2.88. The summed E-state index contributed by atoms with van der Waals surface area (Å²) in [6.07, 6.45) is 18.7. The monoisotopic (exact) mass is 312 g/mol. The van der Waals surface area contributed by atoms with Crippen LogP contribution in [0.5, 0.6) is 0 Å². The zero-order valence-corrected chi connectivity index (χ0v) is 16.1. The van der Waals surface area contributed by atoms with E-state index in [1.54, 1.807) is 0 Å². The van der Waals surface area contributed by atoms with Gasteiger partial charge >= 0.3 is 0 Å². The molecule has 0 aromatic rings. The third kappa shape index (κ3) is 9.03. The van der Waals surface area contributed by atoms with Crippen molar-refractivity contribution in [2.45, 2.75) is 122 Å². The molecule has 1 unspecified atom stereocenters. The van der Waals surface area contributed by atoms with Crippen molar-refractivity contribution < 1.29 is 4.43 Å². The quantitative estimate of drug-likeness (QED) is 0.261. The second-order valence-corrected chi connectivity index (χ2v) is 11.6. The van der Waals surface area contributed by atoms with Gasteiger partial charge in [0, 0.05) is 6.10 Å². The maximum Gasteiger partial charge on any atom is 0.190 e. The van der Waals surface area contributed by atoms with Gasteiger partial charge in [-0.2, -0.15) is 0 Å². The van der Waals surface area contributed by atoms with E-state index in [2.05, 4.69) is 20.4 Å². The van der Waals surface area contributed by atoms with Crippen LogP contribution in [0, 0.1) is 0 Å². The van der Waals surface area contributed by atoms with Crippen LogP contribution in [0.15, 0.2) is 0 Å². The first kappa shape index (κ1) is 19.2. The first-order chi connectivity index (χ1) is 10.2. The Morgan fingerprint density at radius 3 is 1.90 bits per heavy atom. The van der Waals surface area contributed by atoms with Crippen LogP contribution in [-0.4, -0.2) is 14.4 Å². The summed E-state index contributed by atoms with van der Waals surface area (Å²) in [6.45, 7) is 7.08. The van der Waals surface area contributed by atoms with Crippen molar-refractivity contribution >= 4 is 8.32 Å². The third-order valence-electron chi connectivity index (χ3n) is 5.10. The van der Waals surface area contributed by atoms with Crippen LogP contribution in [0.3, 0.4) is 0 Å². The van der Waals surface area contributed by atoms with Crippen molar-refractivity contribution in [2.75, 3.05) is 0 Å². The summed E-state index contributed by atoms with van der Waals surface area (Å²) in [7, 11) is -1.28. The molecule has 1 saturated heterocycles. The van der Waals surface area contributed by atoms with Gasteiger partial charge in [-0.3, -0.25) is 0 Å². The molecule has 0 aromatic heterocycles. The molecule has 1 rings (SSSR count). The SMILES string of the molecule is CCCCCCCCCCC(CCC)O[Si]1(C)CCCC1. The van der Waals surface area contributed by atoms with E-state index < -0.39 is 8.32 Å². The van der Waals surface area contributed by atoms with Crippen LogP contribution in [-0.2, 0) is 4.43 Å². The lowest BCUT2D eigenvalue weighted by Crippen LogP contribution is -2.35. The molecule has 0 N–H and O–H groups in total. The van der Waals surface area contributed by atoms with Crippen molar-refractivity contribution in [3.8, 4) is 0 Å². The minimum absolute atomic E-state index is 0.588. The van der Waals surface area contributed by atoms with E-state index in [4.69, 9.17) is 4.43 Å². The molecule has 1 aliphatic heterocycles. The molecule has 1 heterocycles. The number of rotatable bonds is 13. The Balaban J connectivity index is 2.08. The second-order valence-electron chi connectivity index (χ2n) is 7.45. The number of unbranched alkanes of at least 4 members (excludes halogenated alkanes) is 7. The van der Waals surface area contributed by atoms with Gasteiger partial charge in [0.1, 0.15) is 0 Å². The van der Waals surface area contributed by atoms with Gasteiger partial charge < -0.3 is 4.43 Å². The Bertz CT molecular complexity index is 236. The zero-order valence-electron chi connectivity index (χ0n) is 15.1. The van der Waals surface area contributed by atoms with Crippen LogP contribution < -0.4 is 0 Å². The summed E-state index contributed by atoms with van der Waals surface area (Å²) in [6, 6.07) is 2.84. The summed E-state index contributed by atoms with van der Waals surface area (Å²) >= 11 is 0. The lowest BCUT2D eigenvalue weighted by molar-refractivity contribution is 0.165. The van der Waals surface area contributed by atoms with E-state index in [0.717, 1.165) is 0 Å². The molecule has 21 heavy (non-hydrogen) atoms. The molecule has 0 aromatic carbocycles. The maximum absolute atomic E-state index is 6.64. The van der Waals surface area contributed by atoms with E-state index in [-0.39, 0.29) is 0 Å². The molecular weight excluding hydrogens is 272 g/mol. The topological polar surface area (TPSA) is 9.23 Å². The molecule has 0 saturated carbocycles. The highest BCUT2D eigenvalue weighted by atomic mass is 28.4. The average molecular weight is 313 g/mol. The van der Waals surface area contributed by atoms with Gasteiger partial charge in [-0.25, -0.2) is 0 Å². The maximum atomic E-state index is 6.64. The summed E-state index contributed by atoms with van der Waals surface area (Å²) in [5, 5.41) is 0. The normalized spacial score (nSPS) is 19.0. The third-order valence-corrected chi connectivity index (χ3v) is 8.83. The molecule has 1 fully saturated rings. The number of hydrogen-bond donors (Lipinski definition) is 0. The smallest absolute Gasteiger partial charge is 0.190 e. The Kier molecular flexibility index (Phi) is 10.7. The van der Waals surface area contributed by atoms with Crippen molar-refractivity contribution in [2.24, 2.45) is 0 Å². The van der Waals surface area contributed by atoms with Crippen molar-refractivity contribution in [3.63, 3.8) is 0 Å². The molecule has 0 bridgehead atoms. The fourth-order valence-corrected chi connectivity index (χ4v) is 7.26. The van der Waals surface area contributed by atoms with Gasteiger partial charge in [0.05, 0.1) is 0 Å². The highest BCUT2D eigenvalue weighted by molar-refractivity contribution is 6.73. The number of hydrogen-bond acceptors (Lipinski definition) is 1. The van der Waals surface area contributed by atoms with Crippen molar-refractivity contribution in [1.82, 2.24) is 0 Å². The van der Waals surface area contributed by atoms with E-state index in [9.17, 15) is 0 Å². The second kappa shape index (κ2) is 11.7. The minimum Gasteiger partial charge on any atom is -0.414 e. The van der Waals surface area contributed by atoms with Gasteiger partial charge in [-0.15, -0.1) is 0 Å².